The van der Waals surface area contributed by atoms with E-state index in [4.69, 9.17) is 4.52 Å². The van der Waals surface area contributed by atoms with Crippen molar-refractivity contribution in [3.8, 4) is 11.4 Å². The molecule has 0 aliphatic carbocycles. The summed E-state index contributed by atoms with van der Waals surface area (Å²) in [5, 5.41) is 13.7. The average molecular weight is 343 g/mol. The Kier molecular flexibility index (Phi) is 4.55. The second-order valence-corrected chi connectivity index (χ2v) is 6.04. The highest BCUT2D eigenvalue weighted by molar-refractivity contribution is 9.10. The van der Waals surface area contributed by atoms with E-state index in [1.165, 1.54) is 12.1 Å². The summed E-state index contributed by atoms with van der Waals surface area (Å²) >= 11 is 3.23. The molecule has 4 nitrogen and oxygen atoms in total. The van der Waals surface area contributed by atoms with Gasteiger partial charge in [0.2, 0.25) is 11.7 Å². The number of aromatic nitrogens is 2. The number of halogens is 2. The van der Waals surface area contributed by atoms with Gasteiger partial charge in [-0.25, -0.2) is 4.39 Å². The van der Waals surface area contributed by atoms with Crippen LogP contribution in [0, 0.1) is 11.7 Å². The van der Waals surface area contributed by atoms with Gasteiger partial charge in [0.25, 0.3) is 0 Å². The maximum atomic E-state index is 13.4. The Morgan fingerprint density at radius 1 is 1.25 bits per heavy atom. The summed E-state index contributed by atoms with van der Waals surface area (Å²) < 4.78 is 19.2. The third-order valence-electron chi connectivity index (χ3n) is 3.09. The van der Waals surface area contributed by atoms with Gasteiger partial charge in [0.15, 0.2) is 0 Å². The third-order valence-corrected chi connectivity index (χ3v) is 3.54. The molecule has 0 radical (unpaired) electrons. The van der Waals surface area contributed by atoms with Gasteiger partial charge in [-0.2, -0.15) is 4.98 Å². The van der Waals surface area contributed by atoms with Crippen molar-refractivity contribution in [1.82, 2.24) is 10.1 Å². The average Bonchev–Trinajstić information content (AvgIpc) is 2.75. The van der Waals surface area contributed by atoms with Crippen LogP contribution in [-0.4, -0.2) is 21.4 Å². The molecule has 1 heterocycles. The van der Waals surface area contributed by atoms with E-state index in [0.717, 1.165) is 0 Å². The Hall–Kier alpha value is -1.27. The SMILES string of the molecule is CC(C)C(c1nc(-c2cc(F)cc(Br)c2)no1)C(C)O. The van der Waals surface area contributed by atoms with E-state index < -0.39 is 6.10 Å². The summed E-state index contributed by atoms with van der Waals surface area (Å²) in [5.41, 5.74) is 0.528. The molecule has 1 N–H and O–H groups in total. The van der Waals surface area contributed by atoms with E-state index in [9.17, 15) is 9.50 Å². The Labute approximate surface area is 125 Å². The number of nitrogens with zero attached hydrogens (tertiary/aromatic N) is 2. The number of benzene rings is 1. The van der Waals surface area contributed by atoms with Crippen molar-refractivity contribution < 1.29 is 14.0 Å². The molecule has 0 saturated heterocycles. The number of aliphatic hydroxyl groups is 1. The number of rotatable bonds is 4. The van der Waals surface area contributed by atoms with Gasteiger partial charge in [-0.15, -0.1) is 0 Å². The first-order valence-electron chi connectivity index (χ1n) is 6.36. The number of hydrogen-bond acceptors (Lipinski definition) is 4. The first kappa shape index (κ1) is 15.1. The molecule has 2 aromatic rings. The smallest absolute Gasteiger partial charge is 0.232 e. The molecule has 0 saturated carbocycles. The second-order valence-electron chi connectivity index (χ2n) is 5.12. The Morgan fingerprint density at radius 3 is 2.50 bits per heavy atom. The van der Waals surface area contributed by atoms with Crippen molar-refractivity contribution in [2.45, 2.75) is 32.8 Å². The summed E-state index contributed by atoms with van der Waals surface area (Å²) in [7, 11) is 0. The van der Waals surface area contributed by atoms with E-state index in [1.807, 2.05) is 13.8 Å². The molecule has 2 rings (SSSR count). The first-order valence-corrected chi connectivity index (χ1v) is 7.16. The topological polar surface area (TPSA) is 59.2 Å². The van der Waals surface area contributed by atoms with Crippen LogP contribution in [0.2, 0.25) is 0 Å². The lowest BCUT2D eigenvalue weighted by molar-refractivity contribution is 0.120. The van der Waals surface area contributed by atoms with Crippen LogP contribution in [0.25, 0.3) is 11.4 Å². The molecule has 0 aliphatic heterocycles. The van der Waals surface area contributed by atoms with Crippen molar-refractivity contribution >= 4 is 15.9 Å². The highest BCUT2D eigenvalue weighted by Crippen LogP contribution is 2.29. The molecule has 6 heteroatoms. The largest absolute Gasteiger partial charge is 0.393 e. The molecule has 20 heavy (non-hydrogen) atoms. The zero-order valence-electron chi connectivity index (χ0n) is 11.5. The molecule has 0 fully saturated rings. The van der Waals surface area contributed by atoms with Crippen LogP contribution in [-0.2, 0) is 0 Å². The van der Waals surface area contributed by atoms with E-state index in [-0.39, 0.29) is 17.7 Å². The van der Waals surface area contributed by atoms with Crippen molar-refractivity contribution in [3.05, 3.63) is 34.4 Å². The van der Waals surface area contributed by atoms with Crippen LogP contribution in [0.1, 0.15) is 32.6 Å². The lowest BCUT2D eigenvalue weighted by Crippen LogP contribution is -2.20. The number of hydrogen-bond donors (Lipinski definition) is 1. The minimum Gasteiger partial charge on any atom is -0.393 e. The lowest BCUT2D eigenvalue weighted by atomic mass is 9.91. The summed E-state index contributed by atoms with van der Waals surface area (Å²) in [6.45, 7) is 5.63. The van der Waals surface area contributed by atoms with Crippen molar-refractivity contribution in [2.24, 2.45) is 5.92 Å². The standard InChI is InChI=1S/C14H16BrFN2O2/c1-7(2)12(8(3)19)14-17-13(18-20-14)9-4-10(15)6-11(16)5-9/h4-8,12,19H,1-3H3. The predicted octanol–water partition coefficient (Wildman–Crippen LogP) is 3.76. The maximum Gasteiger partial charge on any atom is 0.232 e. The van der Waals surface area contributed by atoms with Crippen molar-refractivity contribution in [3.63, 3.8) is 0 Å². The van der Waals surface area contributed by atoms with Crippen LogP contribution in [0.15, 0.2) is 27.2 Å². The predicted molar refractivity (Wildman–Crippen MR) is 76.7 cm³/mol. The van der Waals surface area contributed by atoms with Gasteiger partial charge < -0.3 is 9.63 Å². The summed E-state index contributed by atoms with van der Waals surface area (Å²) in [6.07, 6.45) is -0.595. The molecule has 1 aromatic heterocycles. The van der Waals surface area contributed by atoms with E-state index in [0.29, 0.717) is 21.8 Å². The zero-order valence-corrected chi connectivity index (χ0v) is 13.1. The minimum atomic E-state index is -0.595. The fraction of sp³-hybridized carbons (Fsp3) is 0.429. The highest BCUT2D eigenvalue weighted by Gasteiger charge is 2.27. The monoisotopic (exact) mass is 342 g/mol. The van der Waals surface area contributed by atoms with Crippen LogP contribution < -0.4 is 0 Å². The van der Waals surface area contributed by atoms with Gasteiger partial charge in [0, 0.05) is 10.0 Å². The van der Waals surface area contributed by atoms with E-state index >= 15 is 0 Å². The molecule has 1 aromatic carbocycles. The molecule has 0 amide bonds. The van der Waals surface area contributed by atoms with Crippen molar-refractivity contribution in [2.75, 3.05) is 0 Å². The fourth-order valence-corrected chi connectivity index (χ4v) is 2.68. The van der Waals surface area contributed by atoms with Gasteiger partial charge in [-0.05, 0) is 31.0 Å². The normalized spacial score (nSPS) is 14.6. The van der Waals surface area contributed by atoms with Gasteiger partial charge >= 0.3 is 0 Å². The molecule has 0 aliphatic rings. The fourth-order valence-electron chi connectivity index (χ4n) is 2.22. The summed E-state index contributed by atoms with van der Waals surface area (Å²) in [6, 6.07) is 4.41. The molecular formula is C14H16BrFN2O2. The Bertz CT molecular complexity index is 570. The molecular weight excluding hydrogens is 327 g/mol. The second kappa shape index (κ2) is 6.01. The van der Waals surface area contributed by atoms with Crippen LogP contribution in [0.3, 0.4) is 0 Å². The summed E-state index contributed by atoms with van der Waals surface area (Å²) in [4.78, 5) is 4.28. The van der Waals surface area contributed by atoms with Gasteiger partial charge in [0.1, 0.15) is 5.82 Å². The molecule has 0 bridgehead atoms. The van der Waals surface area contributed by atoms with Gasteiger partial charge in [-0.3, -0.25) is 0 Å². The van der Waals surface area contributed by atoms with Crippen molar-refractivity contribution in [1.29, 1.82) is 0 Å². The summed E-state index contributed by atoms with van der Waals surface area (Å²) in [5.74, 6) is 0.212. The third kappa shape index (κ3) is 3.24. The lowest BCUT2D eigenvalue weighted by Gasteiger charge is -2.19. The minimum absolute atomic E-state index is 0.155. The number of aliphatic hydroxyl groups excluding tert-OH is 1. The Balaban J connectivity index is 2.37. The molecule has 2 atom stereocenters. The molecule has 0 spiro atoms. The molecule has 2 unspecified atom stereocenters. The van der Waals surface area contributed by atoms with Crippen LogP contribution in [0.4, 0.5) is 4.39 Å². The highest BCUT2D eigenvalue weighted by atomic mass is 79.9. The van der Waals surface area contributed by atoms with Gasteiger partial charge in [0.05, 0.1) is 12.0 Å². The maximum absolute atomic E-state index is 13.4. The quantitative estimate of drug-likeness (QED) is 0.918. The van der Waals surface area contributed by atoms with Crippen LogP contribution in [0.5, 0.6) is 0 Å². The molecule has 108 valence electrons. The first-order chi connectivity index (χ1) is 9.38. The van der Waals surface area contributed by atoms with E-state index in [2.05, 4.69) is 26.1 Å². The van der Waals surface area contributed by atoms with Crippen LogP contribution >= 0.6 is 15.9 Å². The zero-order chi connectivity index (χ0) is 14.9. The van der Waals surface area contributed by atoms with Gasteiger partial charge in [-0.1, -0.05) is 34.9 Å². The van der Waals surface area contributed by atoms with E-state index in [1.54, 1.807) is 13.0 Å². The Morgan fingerprint density at radius 2 is 1.95 bits per heavy atom.